The minimum absolute atomic E-state index is 0.0535. The van der Waals surface area contributed by atoms with Crippen LogP contribution in [0.4, 0.5) is 4.39 Å². The number of phenols is 1. The van der Waals surface area contributed by atoms with Gasteiger partial charge >= 0.3 is 0 Å². The lowest BCUT2D eigenvalue weighted by molar-refractivity contribution is 0.0922. The van der Waals surface area contributed by atoms with Gasteiger partial charge in [0.15, 0.2) is 0 Å². The summed E-state index contributed by atoms with van der Waals surface area (Å²) in [6.45, 7) is 1.80. The number of nitrogens with one attached hydrogen (secondary N) is 1. The second kappa shape index (κ2) is 6.20. The van der Waals surface area contributed by atoms with Crippen molar-refractivity contribution in [2.24, 2.45) is 0 Å². The molecule has 0 radical (unpaired) electrons. The van der Waals surface area contributed by atoms with Crippen molar-refractivity contribution in [2.45, 2.75) is 25.8 Å². The average molecular weight is 241 g/mol. The SMILES string of the molecule is CCC(CCO)NC(=O)c1c(O)cccc1F. The highest BCUT2D eigenvalue weighted by atomic mass is 19.1. The van der Waals surface area contributed by atoms with Crippen molar-refractivity contribution >= 4 is 5.91 Å². The van der Waals surface area contributed by atoms with Gasteiger partial charge in [0.05, 0.1) is 0 Å². The molecule has 1 aromatic carbocycles. The number of halogens is 1. The molecule has 0 aliphatic carbocycles. The number of aliphatic hydroxyl groups is 1. The minimum atomic E-state index is -0.763. The molecule has 0 aromatic heterocycles. The molecule has 0 bridgehead atoms. The van der Waals surface area contributed by atoms with Crippen molar-refractivity contribution in [1.29, 1.82) is 0 Å². The number of phenolic OH excluding ortho intramolecular Hbond substituents is 1. The monoisotopic (exact) mass is 241 g/mol. The topological polar surface area (TPSA) is 69.6 Å². The molecule has 0 spiro atoms. The van der Waals surface area contributed by atoms with Gasteiger partial charge in [-0.25, -0.2) is 4.39 Å². The first-order chi connectivity index (χ1) is 8.10. The molecule has 0 saturated heterocycles. The van der Waals surface area contributed by atoms with Gasteiger partial charge in [0.25, 0.3) is 5.91 Å². The van der Waals surface area contributed by atoms with Gasteiger partial charge in [-0.1, -0.05) is 13.0 Å². The third-order valence-electron chi connectivity index (χ3n) is 2.52. The number of carbonyl (C=O) groups is 1. The van der Waals surface area contributed by atoms with E-state index < -0.39 is 11.7 Å². The molecule has 3 N–H and O–H groups in total. The predicted octanol–water partition coefficient (Wildman–Crippen LogP) is 1.42. The highest BCUT2D eigenvalue weighted by molar-refractivity contribution is 5.97. The Morgan fingerprint density at radius 3 is 2.76 bits per heavy atom. The molecule has 1 unspecified atom stereocenters. The van der Waals surface area contributed by atoms with E-state index in [1.807, 2.05) is 6.92 Å². The molecule has 1 rings (SSSR count). The van der Waals surface area contributed by atoms with Gasteiger partial charge in [-0.3, -0.25) is 4.79 Å². The van der Waals surface area contributed by atoms with Crippen LogP contribution < -0.4 is 5.32 Å². The summed E-state index contributed by atoms with van der Waals surface area (Å²) in [6, 6.07) is 3.46. The normalized spacial score (nSPS) is 12.2. The van der Waals surface area contributed by atoms with E-state index in [0.717, 1.165) is 6.07 Å². The number of carbonyl (C=O) groups excluding carboxylic acids is 1. The van der Waals surface area contributed by atoms with Gasteiger partial charge in [-0.05, 0) is 25.0 Å². The van der Waals surface area contributed by atoms with Crippen LogP contribution in [0.15, 0.2) is 18.2 Å². The molecule has 1 aromatic rings. The quantitative estimate of drug-likeness (QED) is 0.730. The molecule has 0 aliphatic rings. The zero-order valence-corrected chi connectivity index (χ0v) is 9.61. The summed E-state index contributed by atoms with van der Waals surface area (Å²) < 4.78 is 13.4. The smallest absolute Gasteiger partial charge is 0.258 e. The summed E-state index contributed by atoms with van der Waals surface area (Å²) in [5.41, 5.74) is -0.358. The van der Waals surface area contributed by atoms with Gasteiger partial charge in [-0.15, -0.1) is 0 Å². The van der Waals surface area contributed by atoms with Crippen molar-refractivity contribution in [1.82, 2.24) is 5.32 Å². The number of benzene rings is 1. The molecular weight excluding hydrogens is 225 g/mol. The summed E-state index contributed by atoms with van der Waals surface area (Å²) in [6.07, 6.45) is 1.03. The Morgan fingerprint density at radius 2 is 2.24 bits per heavy atom. The van der Waals surface area contributed by atoms with E-state index in [1.54, 1.807) is 0 Å². The van der Waals surface area contributed by atoms with E-state index in [0.29, 0.717) is 12.8 Å². The van der Waals surface area contributed by atoms with E-state index in [1.165, 1.54) is 12.1 Å². The standard InChI is InChI=1S/C12H16FNO3/c1-2-8(6-7-15)14-12(17)11-9(13)4-3-5-10(11)16/h3-5,8,15-16H,2,6-7H2,1H3,(H,14,17). The van der Waals surface area contributed by atoms with E-state index in [2.05, 4.69) is 5.32 Å². The molecule has 4 nitrogen and oxygen atoms in total. The molecule has 94 valence electrons. The van der Waals surface area contributed by atoms with Gasteiger partial charge in [0, 0.05) is 12.6 Å². The maximum absolute atomic E-state index is 13.4. The van der Waals surface area contributed by atoms with Crippen molar-refractivity contribution in [3.63, 3.8) is 0 Å². The Balaban J connectivity index is 2.82. The lowest BCUT2D eigenvalue weighted by Gasteiger charge is -2.16. The molecule has 0 aliphatic heterocycles. The van der Waals surface area contributed by atoms with Crippen LogP contribution in [-0.4, -0.2) is 28.8 Å². The Hall–Kier alpha value is -1.62. The largest absolute Gasteiger partial charge is 0.507 e. The first-order valence-corrected chi connectivity index (χ1v) is 5.49. The average Bonchev–Trinajstić information content (AvgIpc) is 2.28. The van der Waals surface area contributed by atoms with E-state index in [4.69, 9.17) is 5.11 Å². The number of amides is 1. The highest BCUT2D eigenvalue weighted by Crippen LogP contribution is 2.19. The van der Waals surface area contributed by atoms with Crippen LogP contribution in [0.1, 0.15) is 30.1 Å². The Kier molecular flexibility index (Phi) is 4.90. The molecule has 17 heavy (non-hydrogen) atoms. The fourth-order valence-corrected chi connectivity index (χ4v) is 1.53. The van der Waals surface area contributed by atoms with Gasteiger partial charge in [-0.2, -0.15) is 0 Å². The molecule has 1 atom stereocenters. The summed E-state index contributed by atoms with van der Waals surface area (Å²) in [5.74, 6) is -1.82. The summed E-state index contributed by atoms with van der Waals surface area (Å²) in [7, 11) is 0. The zero-order valence-electron chi connectivity index (χ0n) is 9.61. The molecule has 0 saturated carbocycles. The molecule has 1 amide bonds. The lowest BCUT2D eigenvalue weighted by atomic mass is 10.1. The fraction of sp³-hybridized carbons (Fsp3) is 0.417. The summed E-state index contributed by atoms with van der Waals surface area (Å²) in [5, 5.41) is 20.8. The van der Waals surface area contributed by atoms with E-state index in [9.17, 15) is 14.3 Å². The Bertz CT molecular complexity index is 375. The summed E-state index contributed by atoms with van der Waals surface area (Å²) >= 11 is 0. The van der Waals surface area contributed by atoms with Gasteiger partial charge in [0.2, 0.25) is 0 Å². The molecule has 0 fully saturated rings. The maximum atomic E-state index is 13.4. The predicted molar refractivity (Wildman–Crippen MR) is 61.3 cm³/mol. The third kappa shape index (κ3) is 3.42. The van der Waals surface area contributed by atoms with Crippen LogP contribution >= 0.6 is 0 Å². The Morgan fingerprint density at radius 1 is 1.53 bits per heavy atom. The van der Waals surface area contributed by atoms with Crippen LogP contribution in [0.25, 0.3) is 0 Å². The number of hydrogen-bond donors (Lipinski definition) is 3. The maximum Gasteiger partial charge on any atom is 0.258 e. The number of aromatic hydroxyl groups is 1. The van der Waals surface area contributed by atoms with Crippen LogP contribution in [-0.2, 0) is 0 Å². The molecular formula is C12H16FNO3. The minimum Gasteiger partial charge on any atom is -0.507 e. The van der Waals surface area contributed by atoms with Crippen molar-refractivity contribution < 1.29 is 19.4 Å². The van der Waals surface area contributed by atoms with Gasteiger partial charge < -0.3 is 15.5 Å². The van der Waals surface area contributed by atoms with E-state index >= 15 is 0 Å². The third-order valence-corrected chi connectivity index (χ3v) is 2.52. The first-order valence-electron chi connectivity index (χ1n) is 5.49. The number of aliphatic hydroxyl groups excluding tert-OH is 1. The second-order valence-corrected chi connectivity index (χ2v) is 3.72. The van der Waals surface area contributed by atoms with Crippen molar-refractivity contribution in [3.05, 3.63) is 29.6 Å². The van der Waals surface area contributed by atoms with Crippen molar-refractivity contribution in [2.75, 3.05) is 6.61 Å². The second-order valence-electron chi connectivity index (χ2n) is 3.72. The lowest BCUT2D eigenvalue weighted by Crippen LogP contribution is -2.35. The number of rotatable bonds is 5. The zero-order chi connectivity index (χ0) is 12.8. The Labute approximate surface area is 99.1 Å². The number of hydrogen-bond acceptors (Lipinski definition) is 3. The van der Waals surface area contributed by atoms with Crippen LogP contribution in [0, 0.1) is 5.82 Å². The summed E-state index contributed by atoms with van der Waals surface area (Å²) in [4.78, 5) is 11.7. The van der Waals surface area contributed by atoms with Crippen LogP contribution in [0.2, 0.25) is 0 Å². The fourth-order valence-electron chi connectivity index (χ4n) is 1.53. The van der Waals surface area contributed by atoms with Crippen LogP contribution in [0.3, 0.4) is 0 Å². The van der Waals surface area contributed by atoms with Crippen molar-refractivity contribution in [3.8, 4) is 5.75 Å². The van der Waals surface area contributed by atoms with E-state index in [-0.39, 0.29) is 24.0 Å². The molecule has 0 heterocycles. The van der Waals surface area contributed by atoms with Gasteiger partial charge in [0.1, 0.15) is 17.1 Å². The first kappa shape index (κ1) is 13.4. The van der Waals surface area contributed by atoms with Crippen LogP contribution in [0.5, 0.6) is 5.75 Å². The molecule has 5 heteroatoms. The highest BCUT2D eigenvalue weighted by Gasteiger charge is 2.18.